The van der Waals surface area contributed by atoms with E-state index < -0.39 is 11.6 Å². The molecule has 0 aromatic rings. The van der Waals surface area contributed by atoms with Crippen molar-refractivity contribution < 1.29 is 19.8 Å². The fourth-order valence-corrected chi connectivity index (χ4v) is 1.68. The van der Waals surface area contributed by atoms with Crippen molar-refractivity contribution in [1.29, 1.82) is 0 Å². The van der Waals surface area contributed by atoms with Crippen molar-refractivity contribution in [3.63, 3.8) is 0 Å². The summed E-state index contributed by atoms with van der Waals surface area (Å²) < 4.78 is 0. The Hall–Kier alpha value is -0.750. The Morgan fingerprint density at radius 3 is 2.47 bits per heavy atom. The van der Waals surface area contributed by atoms with Gasteiger partial charge in [0.1, 0.15) is 0 Å². The Labute approximate surface area is 93.2 Å². The van der Waals surface area contributed by atoms with Crippen molar-refractivity contribution in [2.45, 2.75) is 25.4 Å². The number of carbonyl (C=O) groups excluding carboxylic acids is 1. The standard InChI is InChI=1S/C9H17NO4S/c1-9(14,6-15-2)5-10-7(11)3-4-8(12)13/h14H,3-6H2,1-2H3,(H,10,11)(H,12,13). The lowest BCUT2D eigenvalue weighted by molar-refractivity contribution is -0.138. The molecule has 0 radical (unpaired) electrons. The quantitative estimate of drug-likeness (QED) is 0.582. The van der Waals surface area contributed by atoms with Crippen LogP contribution in [-0.2, 0) is 9.59 Å². The molecule has 1 unspecified atom stereocenters. The molecule has 0 rings (SSSR count). The van der Waals surface area contributed by atoms with Gasteiger partial charge in [-0.3, -0.25) is 9.59 Å². The third-order valence-corrected chi connectivity index (χ3v) is 2.60. The first-order valence-electron chi connectivity index (χ1n) is 4.57. The fourth-order valence-electron chi connectivity index (χ4n) is 0.960. The molecule has 0 saturated carbocycles. The average molecular weight is 235 g/mol. The summed E-state index contributed by atoms with van der Waals surface area (Å²) in [5.74, 6) is -0.827. The Bertz CT molecular complexity index is 230. The highest BCUT2D eigenvalue weighted by molar-refractivity contribution is 7.98. The lowest BCUT2D eigenvalue weighted by Crippen LogP contribution is -2.42. The van der Waals surface area contributed by atoms with Crippen LogP contribution < -0.4 is 5.32 Å². The van der Waals surface area contributed by atoms with E-state index in [-0.39, 0.29) is 25.3 Å². The number of aliphatic carboxylic acids is 1. The van der Waals surface area contributed by atoms with E-state index in [0.717, 1.165) is 0 Å². The van der Waals surface area contributed by atoms with Gasteiger partial charge in [0.05, 0.1) is 12.0 Å². The smallest absolute Gasteiger partial charge is 0.303 e. The highest BCUT2D eigenvalue weighted by Crippen LogP contribution is 2.08. The molecule has 0 aliphatic rings. The molecule has 0 aromatic heterocycles. The van der Waals surface area contributed by atoms with Crippen LogP contribution in [-0.4, -0.2) is 46.2 Å². The summed E-state index contributed by atoms with van der Waals surface area (Å²) in [6.45, 7) is 1.77. The second-order valence-electron chi connectivity index (χ2n) is 3.60. The predicted molar refractivity (Wildman–Crippen MR) is 58.9 cm³/mol. The maximum atomic E-state index is 11.1. The molecule has 0 spiro atoms. The zero-order chi connectivity index (χ0) is 11.9. The van der Waals surface area contributed by atoms with Gasteiger partial charge in [-0.25, -0.2) is 0 Å². The molecule has 3 N–H and O–H groups in total. The number of hydrogen-bond acceptors (Lipinski definition) is 4. The van der Waals surface area contributed by atoms with Crippen LogP contribution in [0.4, 0.5) is 0 Å². The Morgan fingerprint density at radius 1 is 1.40 bits per heavy atom. The summed E-state index contributed by atoms with van der Waals surface area (Å²) in [7, 11) is 0. The summed E-state index contributed by atoms with van der Waals surface area (Å²) in [6, 6.07) is 0. The Kier molecular flexibility index (Phi) is 6.35. The topological polar surface area (TPSA) is 86.6 Å². The summed E-state index contributed by atoms with van der Waals surface area (Å²) in [4.78, 5) is 21.3. The third kappa shape index (κ3) is 8.26. The van der Waals surface area contributed by atoms with Crippen molar-refractivity contribution in [3.05, 3.63) is 0 Å². The van der Waals surface area contributed by atoms with Gasteiger partial charge in [-0.2, -0.15) is 11.8 Å². The van der Waals surface area contributed by atoms with Crippen LogP contribution in [0, 0.1) is 0 Å². The van der Waals surface area contributed by atoms with Crippen molar-refractivity contribution in [2.75, 3.05) is 18.6 Å². The second kappa shape index (κ2) is 6.68. The van der Waals surface area contributed by atoms with Gasteiger partial charge in [-0.15, -0.1) is 0 Å². The van der Waals surface area contributed by atoms with E-state index in [9.17, 15) is 14.7 Å². The first-order chi connectivity index (χ1) is 6.87. The van der Waals surface area contributed by atoms with Gasteiger partial charge >= 0.3 is 5.97 Å². The van der Waals surface area contributed by atoms with Crippen molar-refractivity contribution in [1.82, 2.24) is 5.32 Å². The van der Waals surface area contributed by atoms with Gasteiger partial charge in [-0.1, -0.05) is 0 Å². The molecule has 88 valence electrons. The highest BCUT2D eigenvalue weighted by atomic mass is 32.2. The van der Waals surface area contributed by atoms with E-state index in [1.54, 1.807) is 6.92 Å². The number of carboxylic acids is 1. The van der Waals surface area contributed by atoms with Crippen LogP contribution in [0.15, 0.2) is 0 Å². The molecule has 1 amide bonds. The zero-order valence-corrected chi connectivity index (χ0v) is 9.76. The van der Waals surface area contributed by atoms with Crippen LogP contribution in [0.1, 0.15) is 19.8 Å². The van der Waals surface area contributed by atoms with Gasteiger partial charge in [0.25, 0.3) is 0 Å². The molecule has 0 aromatic carbocycles. The van der Waals surface area contributed by atoms with E-state index in [0.29, 0.717) is 5.75 Å². The van der Waals surface area contributed by atoms with Crippen molar-refractivity contribution >= 4 is 23.6 Å². The van der Waals surface area contributed by atoms with Gasteiger partial charge in [-0.05, 0) is 13.2 Å². The van der Waals surface area contributed by atoms with Crippen LogP contribution >= 0.6 is 11.8 Å². The molecule has 0 heterocycles. The first-order valence-corrected chi connectivity index (χ1v) is 5.96. The Balaban J connectivity index is 3.74. The maximum absolute atomic E-state index is 11.1. The molecular weight excluding hydrogens is 218 g/mol. The summed E-state index contributed by atoms with van der Waals surface area (Å²) in [6.07, 6.45) is 1.63. The van der Waals surface area contributed by atoms with Crippen molar-refractivity contribution in [2.24, 2.45) is 0 Å². The molecule has 6 heteroatoms. The number of thioether (sulfide) groups is 1. The molecule has 0 aliphatic carbocycles. The summed E-state index contributed by atoms with van der Waals surface area (Å²) in [5.41, 5.74) is -0.946. The molecule has 1 atom stereocenters. The third-order valence-electron chi connectivity index (χ3n) is 1.69. The molecule has 15 heavy (non-hydrogen) atoms. The fraction of sp³-hybridized carbons (Fsp3) is 0.778. The van der Waals surface area contributed by atoms with Crippen LogP contribution in [0.25, 0.3) is 0 Å². The van der Waals surface area contributed by atoms with E-state index in [1.807, 2.05) is 6.26 Å². The second-order valence-corrected chi connectivity index (χ2v) is 4.47. The van der Waals surface area contributed by atoms with Gasteiger partial charge < -0.3 is 15.5 Å². The van der Waals surface area contributed by atoms with Crippen molar-refractivity contribution in [3.8, 4) is 0 Å². The number of carbonyl (C=O) groups is 2. The molecule has 0 saturated heterocycles. The van der Waals surface area contributed by atoms with Gasteiger partial charge in [0, 0.05) is 18.7 Å². The number of carboxylic acid groups (broad SMARTS) is 1. The monoisotopic (exact) mass is 235 g/mol. The SMILES string of the molecule is CSCC(C)(O)CNC(=O)CCC(=O)O. The lowest BCUT2D eigenvalue weighted by Gasteiger charge is -2.22. The van der Waals surface area contributed by atoms with E-state index >= 15 is 0 Å². The molecule has 5 nitrogen and oxygen atoms in total. The summed E-state index contributed by atoms with van der Waals surface area (Å²) >= 11 is 1.48. The number of hydrogen-bond donors (Lipinski definition) is 3. The highest BCUT2D eigenvalue weighted by Gasteiger charge is 2.20. The van der Waals surface area contributed by atoms with E-state index in [2.05, 4.69) is 5.32 Å². The van der Waals surface area contributed by atoms with E-state index in [4.69, 9.17) is 5.11 Å². The number of nitrogens with one attached hydrogen (secondary N) is 1. The number of amides is 1. The van der Waals surface area contributed by atoms with Crippen LogP contribution in [0.3, 0.4) is 0 Å². The van der Waals surface area contributed by atoms with Gasteiger partial charge in [0.15, 0.2) is 0 Å². The normalized spacial score (nSPS) is 14.3. The Morgan fingerprint density at radius 2 is 2.00 bits per heavy atom. The average Bonchev–Trinajstić information content (AvgIpc) is 2.11. The lowest BCUT2D eigenvalue weighted by atomic mass is 10.1. The predicted octanol–water partition coefficient (Wildman–Crippen LogP) is 0.0814. The first kappa shape index (κ1) is 14.2. The van der Waals surface area contributed by atoms with Gasteiger partial charge in [0.2, 0.25) is 5.91 Å². The van der Waals surface area contributed by atoms with E-state index in [1.165, 1.54) is 11.8 Å². The van der Waals surface area contributed by atoms with Crippen LogP contribution in [0.5, 0.6) is 0 Å². The minimum atomic E-state index is -0.999. The minimum Gasteiger partial charge on any atom is -0.481 e. The minimum absolute atomic E-state index is 0.0509. The molecular formula is C9H17NO4S. The largest absolute Gasteiger partial charge is 0.481 e. The summed E-state index contributed by atoms with van der Waals surface area (Å²) in [5, 5.41) is 20.5. The molecule has 0 fully saturated rings. The zero-order valence-electron chi connectivity index (χ0n) is 8.95. The molecule has 0 aliphatic heterocycles. The van der Waals surface area contributed by atoms with Crippen LogP contribution in [0.2, 0.25) is 0 Å². The molecule has 0 bridgehead atoms. The number of rotatable bonds is 7. The maximum Gasteiger partial charge on any atom is 0.303 e. The number of aliphatic hydroxyl groups is 1.